The predicted molar refractivity (Wildman–Crippen MR) is 86.4 cm³/mol. The van der Waals surface area contributed by atoms with E-state index in [1.165, 1.54) is 0 Å². The summed E-state index contributed by atoms with van der Waals surface area (Å²) in [6.45, 7) is 0. The van der Waals surface area contributed by atoms with Crippen molar-refractivity contribution in [3.05, 3.63) is 65.9 Å². The first-order chi connectivity index (χ1) is 10.7. The Bertz CT molecular complexity index is 945. The summed E-state index contributed by atoms with van der Waals surface area (Å²) >= 11 is 0. The third kappa shape index (κ3) is 1.85. The fourth-order valence-electron chi connectivity index (χ4n) is 2.74. The number of hydrogen-bond donors (Lipinski definition) is 2. The second kappa shape index (κ2) is 4.70. The molecule has 1 aliphatic rings. The molecule has 2 heterocycles. The van der Waals surface area contributed by atoms with E-state index < -0.39 is 0 Å². The molecule has 0 saturated carbocycles. The maximum atomic E-state index is 12.2. The van der Waals surface area contributed by atoms with Gasteiger partial charge in [0.1, 0.15) is 5.75 Å². The monoisotopic (exact) mass is 288 g/mol. The zero-order valence-corrected chi connectivity index (χ0v) is 11.6. The summed E-state index contributed by atoms with van der Waals surface area (Å²) < 4.78 is 0. The van der Waals surface area contributed by atoms with Crippen molar-refractivity contribution in [1.29, 1.82) is 0 Å². The van der Waals surface area contributed by atoms with Crippen LogP contribution in [0.25, 0.3) is 22.6 Å². The molecule has 1 aromatic heterocycles. The van der Waals surface area contributed by atoms with Crippen LogP contribution in [0, 0.1) is 0 Å². The molecule has 2 N–H and O–H groups in total. The van der Waals surface area contributed by atoms with Crippen LogP contribution in [0.3, 0.4) is 0 Å². The minimum atomic E-state index is -0.165. The summed E-state index contributed by atoms with van der Waals surface area (Å²) in [6, 6.07) is 14.6. The Kier molecular flexibility index (Phi) is 2.69. The second-order valence-corrected chi connectivity index (χ2v) is 5.13. The number of carbonyl (C=O) groups excluding carboxylic acids is 1. The Morgan fingerprint density at radius 1 is 1.05 bits per heavy atom. The van der Waals surface area contributed by atoms with Crippen molar-refractivity contribution in [2.24, 2.45) is 0 Å². The average molecular weight is 288 g/mol. The lowest BCUT2D eigenvalue weighted by atomic mass is 10.0. The number of fused-ring (bicyclic) bond motifs is 2. The van der Waals surface area contributed by atoms with E-state index in [2.05, 4.69) is 10.3 Å². The standard InChI is InChI=1S/C18H12N2O2/c21-17-8-7-15-11(5-3-9-19-15)13(17)10-14-12-4-1-2-6-16(12)20-18(14)22/h1-10,21H,(H,20,22). The summed E-state index contributed by atoms with van der Waals surface area (Å²) in [7, 11) is 0. The van der Waals surface area contributed by atoms with Gasteiger partial charge in [-0.15, -0.1) is 0 Å². The average Bonchev–Trinajstić information content (AvgIpc) is 2.86. The lowest BCUT2D eigenvalue weighted by Crippen LogP contribution is -2.03. The van der Waals surface area contributed by atoms with Crippen molar-refractivity contribution in [3.63, 3.8) is 0 Å². The van der Waals surface area contributed by atoms with E-state index in [0.717, 1.165) is 22.2 Å². The maximum absolute atomic E-state index is 12.2. The van der Waals surface area contributed by atoms with Crippen molar-refractivity contribution in [3.8, 4) is 5.75 Å². The SMILES string of the molecule is O=C1Nc2ccccc2C1=Cc1c(O)ccc2ncccc12. The number of nitrogens with one attached hydrogen (secondary N) is 1. The number of aromatic hydroxyl groups is 1. The smallest absolute Gasteiger partial charge is 0.256 e. The quantitative estimate of drug-likeness (QED) is 0.674. The molecule has 0 bridgehead atoms. The molecule has 4 rings (SSSR count). The van der Waals surface area contributed by atoms with Crippen LogP contribution in [-0.2, 0) is 4.79 Å². The highest BCUT2D eigenvalue weighted by molar-refractivity contribution is 6.35. The van der Waals surface area contributed by atoms with Crippen molar-refractivity contribution in [1.82, 2.24) is 4.98 Å². The van der Waals surface area contributed by atoms with E-state index in [-0.39, 0.29) is 11.7 Å². The van der Waals surface area contributed by atoms with Gasteiger partial charge in [0.25, 0.3) is 5.91 Å². The van der Waals surface area contributed by atoms with Crippen molar-refractivity contribution >= 4 is 34.1 Å². The Balaban J connectivity index is 1.98. The highest BCUT2D eigenvalue weighted by atomic mass is 16.3. The Morgan fingerprint density at radius 2 is 1.91 bits per heavy atom. The normalized spacial score (nSPS) is 15.1. The molecule has 4 heteroatoms. The van der Waals surface area contributed by atoms with E-state index in [1.54, 1.807) is 24.4 Å². The molecule has 1 aliphatic heterocycles. The van der Waals surface area contributed by atoms with Gasteiger partial charge in [-0.05, 0) is 30.3 Å². The number of phenolic OH excluding ortho intramolecular Hbond substituents is 1. The largest absolute Gasteiger partial charge is 0.507 e. The minimum Gasteiger partial charge on any atom is -0.507 e. The summed E-state index contributed by atoms with van der Waals surface area (Å²) in [5.74, 6) is -0.0355. The Hall–Kier alpha value is -3.14. The molecule has 0 unspecified atom stereocenters. The number of aromatic nitrogens is 1. The van der Waals surface area contributed by atoms with Gasteiger partial charge in [-0.1, -0.05) is 24.3 Å². The van der Waals surface area contributed by atoms with Gasteiger partial charge in [0.15, 0.2) is 0 Å². The van der Waals surface area contributed by atoms with Crippen molar-refractivity contribution < 1.29 is 9.90 Å². The van der Waals surface area contributed by atoms with Crippen molar-refractivity contribution in [2.45, 2.75) is 0 Å². The topological polar surface area (TPSA) is 62.2 Å². The third-order valence-electron chi connectivity index (χ3n) is 3.80. The number of hydrogen-bond acceptors (Lipinski definition) is 3. The minimum absolute atomic E-state index is 0.130. The first-order valence-electron chi connectivity index (χ1n) is 6.93. The molecule has 22 heavy (non-hydrogen) atoms. The number of pyridine rings is 1. The molecule has 0 saturated heterocycles. The van der Waals surface area contributed by atoms with E-state index in [9.17, 15) is 9.90 Å². The van der Waals surface area contributed by atoms with Crippen LogP contribution in [0.2, 0.25) is 0 Å². The highest BCUT2D eigenvalue weighted by Crippen LogP contribution is 2.36. The first kappa shape index (κ1) is 12.6. The molecule has 0 spiro atoms. The van der Waals surface area contributed by atoms with Crippen LogP contribution in [0.5, 0.6) is 5.75 Å². The van der Waals surface area contributed by atoms with Gasteiger partial charge in [0.2, 0.25) is 0 Å². The zero-order valence-electron chi connectivity index (χ0n) is 11.6. The fraction of sp³-hybridized carbons (Fsp3) is 0. The van der Waals surface area contributed by atoms with Crippen LogP contribution >= 0.6 is 0 Å². The first-order valence-corrected chi connectivity index (χ1v) is 6.93. The molecule has 0 atom stereocenters. The van der Waals surface area contributed by atoms with Gasteiger partial charge in [-0.25, -0.2) is 0 Å². The van der Waals surface area contributed by atoms with E-state index in [4.69, 9.17) is 0 Å². The van der Waals surface area contributed by atoms with E-state index in [1.807, 2.05) is 36.4 Å². The fourth-order valence-corrected chi connectivity index (χ4v) is 2.74. The molecule has 106 valence electrons. The summed E-state index contributed by atoms with van der Waals surface area (Å²) in [5.41, 5.74) is 3.55. The predicted octanol–water partition coefficient (Wildman–Crippen LogP) is 3.43. The summed E-state index contributed by atoms with van der Waals surface area (Å²) in [6.07, 6.45) is 3.42. The number of amides is 1. The molecule has 1 amide bonds. The number of anilines is 1. The number of phenols is 1. The number of benzene rings is 2. The maximum Gasteiger partial charge on any atom is 0.256 e. The number of rotatable bonds is 1. The molecular weight excluding hydrogens is 276 g/mol. The van der Waals surface area contributed by atoms with E-state index in [0.29, 0.717) is 11.1 Å². The van der Waals surface area contributed by atoms with Gasteiger partial charge in [0, 0.05) is 34.0 Å². The molecule has 2 aromatic carbocycles. The molecule has 4 nitrogen and oxygen atoms in total. The lowest BCUT2D eigenvalue weighted by Gasteiger charge is -2.05. The van der Waals surface area contributed by atoms with Gasteiger partial charge in [-0.3, -0.25) is 9.78 Å². The molecule has 0 aliphatic carbocycles. The molecule has 3 aromatic rings. The number of nitrogens with zero attached hydrogens (tertiary/aromatic N) is 1. The summed E-state index contributed by atoms with van der Waals surface area (Å²) in [5, 5.41) is 13.8. The van der Waals surface area contributed by atoms with Crippen LogP contribution < -0.4 is 5.32 Å². The van der Waals surface area contributed by atoms with Gasteiger partial charge in [-0.2, -0.15) is 0 Å². The van der Waals surface area contributed by atoms with Gasteiger partial charge < -0.3 is 10.4 Å². The second-order valence-electron chi connectivity index (χ2n) is 5.13. The molecular formula is C18H12N2O2. The van der Waals surface area contributed by atoms with Gasteiger partial charge >= 0.3 is 0 Å². The lowest BCUT2D eigenvalue weighted by molar-refractivity contribution is -0.110. The van der Waals surface area contributed by atoms with E-state index >= 15 is 0 Å². The van der Waals surface area contributed by atoms with Crippen LogP contribution in [0.1, 0.15) is 11.1 Å². The third-order valence-corrected chi connectivity index (χ3v) is 3.80. The Labute approximate surface area is 126 Å². The molecule has 0 fully saturated rings. The van der Waals surface area contributed by atoms with Crippen LogP contribution in [-0.4, -0.2) is 16.0 Å². The Morgan fingerprint density at radius 3 is 2.82 bits per heavy atom. The molecule has 0 radical (unpaired) electrons. The zero-order chi connectivity index (χ0) is 15.1. The number of para-hydroxylation sites is 1. The van der Waals surface area contributed by atoms with Crippen LogP contribution in [0.15, 0.2) is 54.7 Å². The number of carbonyl (C=O) groups is 1. The highest BCUT2D eigenvalue weighted by Gasteiger charge is 2.24. The van der Waals surface area contributed by atoms with Crippen molar-refractivity contribution in [2.75, 3.05) is 5.32 Å². The van der Waals surface area contributed by atoms with Crippen LogP contribution in [0.4, 0.5) is 5.69 Å². The summed E-state index contributed by atoms with van der Waals surface area (Å²) in [4.78, 5) is 16.5. The van der Waals surface area contributed by atoms with Gasteiger partial charge in [0.05, 0.1) is 5.52 Å².